The molecule has 2 aromatic carbocycles. The Morgan fingerprint density at radius 3 is 1.85 bits per heavy atom. The molecule has 2 amide bonds. The third-order valence-corrected chi connectivity index (χ3v) is 4.10. The molecular weight excluding hydrogens is 332 g/mol. The number of carbonyl (C=O) groups excluding carboxylic acids is 2. The highest BCUT2D eigenvalue weighted by atomic mass is 16.3. The molecule has 0 unspecified atom stereocenters. The molecule has 0 spiro atoms. The van der Waals surface area contributed by atoms with Gasteiger partial charge in [0, 0.05) is 27.7 Å². The second-order valence-corrected chi connectivity index (χ2v) is 6.38. The van der Waals surface area contributed by atoms with Crippen molar-refractivity contribution in [2.75, 3.05) is 21.1 Å². The van der Waals surface area contributed by atoms with Crippen molar-refractivity contribution in [3.8, 4) is 11.1 Å². The van der Waals surface area contributed by atoms with E-state index in [9.17, 15) is 19.8 Å². The quantitative estimate of drug-likeness (QED) is 0.813. The van der Waals surface area contributed by atoms with E-state index in [2.05, 4.69) is 0 Å². The maximum absolute atomic E-state index is 12.2. The summed E-state index contributed by atoms with van der Waals surface area (Å²) in [6.07, 6.45) is -3.57. The van der Waals surface area contributed by atoms with Gasteiger partial charge in [0.2, 0.25) is 0 Å². The molecule has 2 rings (SSSR count). The maximum Gasteiger partial charge on any atom is 0.254 e. The van der Waals surface area contributed by atoms with Crippen molar-refractivity contribution in [3.63, 3.8) is 0 Å². The van der Waals surface area contributed by atoms with Crippen LogP contribution >= 0.6 is 0 Å². The van der Waals surface area contributed by atoms with Gasteiger partial charge < -0.3 is 20.0 Å². The van der Waals surface area contributed by atoms with Crippen molar-refractivity contribution >= 4 is 11.8 Å². The second kappa shape index (κ2) is 8.60. The number of nitrogens with zero attached hydrogens (tertiary/aromatic N) is 2. The number of carbonyl (C=O) groups is 2. The van der Waals surface area contributed by atoms with Gasteiger partial charge in [0.1, 0.15) is 0 Å². The third-order valence-electron chi connectivity index (χ3n) is 4.10. The maximum atomic E-state index is 12.2. The van der Waals surface area contributed by atoms with E-state index in [0.29, 0.717) is 0 Å². The van der Waals surface area contributed by atoms with E-state index in [0.717, 1.165) is 21.6 Å². The van der Waals surface area contributed by atoms with Crippen LogP contribution in [0.3, 0.4) is 0 Å². The van der Waals surface area contributed by atoms with E-state index >= 15 is 0 Å². The number of aliphatic hydroxyl groups excluding tert-OH is 2. The smallest absolute Gasteiger partial charge is 0.254 e. The summed E-state index contributed by atoms with van der Waals surface area (Å²) in [5.74, 6) is -1.42. The van der Waals surface area contributed by atoms with E-state index < -0.39 is 24.0 Å². The fourth-order valence-electron chi connectivity index (χ4n) is 2.55. The first-order valence-corrected chi connectivity index (χ1v) is 8.28. The highest BCUT2D eigenvalue weighted by molar-refractivity contribution is 5.90. The number of benzene rings is 2. The molecule has 0 saturated carbocycles. The largest absolute Gasteiger partial charge is 0.380 e. The van der Waals surface area contributed by atoms with Gasteiger partial charge in [-0.05, 0) is 16.7 Å². The van der Waals surface area contributed by atoms with Crippen LogP contribution in [0.2, 0.25) is 0 Å². The predicted octanol–water partition coefficient (Wildman–Crippen LogP) is 1.12. The topological polar surface area (TPSA) is 81.1 Å². The fraction of sp³-hybridized carbons (Fsp3) is 0.300. The Labute approximate surface area is 153 Å². The number of hydrogen-bond donors (Lipinski definition) is 2. The van der Waals surface area contributed by atoms with Crippen LogP contribution in [-0.4, -0.2) is 65.2 Å². The van der Waals surface area contributed by atoms with Gasteiger partial charge in [-0.3, -0.25) is 9.59 Å². The Hall–Kier alpha value is -2.70. The molecule has 138 valence electrons. The zero-order valence-electron chi connectivity index (χ0n) is 15.2. The summed E-state index contributed by atoms with van der Waals surface area (Å²) in [6.45, 7) is 0.258. The summed E-state index contributed by atoms with van der Waals surface area (Å²) in [7, 11) is 4.41. The lowest BCUT2D eigenvalue weighted by molar-refractivity contribution is -0.156. The highest BCUT2D eigenvalue weighted by Gasteiger charge is 2.33. The summed E-state index contributed by atoms with van der Waals surface area (Å²) in [5.41, 5.74) is 3.04. The van der Waals surface area contributed by atoms with Crippen molar-refractivity contribution in [2.45, 2.75) is 18.8 Å². The number of aliphatic hydroxyl groups is 2. The van der Waals surface area contributed by atoms with Gasteiger partial charge in [-0.1, -0.05) is 54.6 Å². The lowest BCUT2D eigenvalue weighted by Gasteiger charge is -2.24. The minimum absolute atomic E-state index is 0.258. The van der Waals surface area contributed by atoms with Crippen LogP contribution < -0.4 is 0 Å². The minimum atomic E-state index is -1.79. The van der Waals surface area contributed by atoms with E-state index in [4.69, 9.17) is 0 Å². The normalized spacial score (nSPS) is 13.0. The van der Waals surface area contributed by atoms with Crippen molar-refractivity contribution in [2.24, 2.45) is 0 Å². The molecular formula is C20H24N2O4. The second-order valence-electron chi connectivity index (χ2n) is 6.38. The first kappa shape index (κ1) is 19.6. The molecule has 0 aliphatic rings. The molecule has 0 aliphatic heterocycles. The molecule has 0 radical (unpaired) electrons. The molecule has 6 nitrogen and oxygen atoms in total. The zero-order valence-corrected chi connectivity index (χ0v) is 15.2. The molecule has 0 aliphatic carbocycles. The van der Waals surface area contributed by atoms with Crippen molar-refractivity contribution in [1.82, 2.24) is 9.80 Å². The average molecular weight is 356 g/mol. The number of likely N-dealkylation sites (N-methyl/N-ethyl adjacent to an activating group) is 2. The predicted molar refractivity (Wildman–Crippen MR) is 99.1 cm³/mol. The zero-order chi connectivity index (χ0) is 19.3. The van der Waals surface area contributed by atoms with Gasteiger partial charge in [-0.25, -0.2) is 0 Å². The highest BCUT2D eigenvalue weighted by Crippen LogP contribution is 2.19. The van der Waals surface area contributed by atoms with Crippen LogP contribution in [0.5, 0.6) is 0 Å². The van der Waals surface area contributed by atoms with Gasteiger partial charge in [-0.2, -0.15) is 0 Å². The number of hydrogen-bond acceptors (Lipinski definition) is 4. The van der Waals surface area contributed by atoms with E-state index in [1.54, 1.807) is 0 Å². The molecule has 2 aromatic rings. The number of rotatable bonds is 6. The lowest BCUT2D eigenvalue weighted by Crippen LogP contribution is -2.49. The first-order chi connectivity index (χ1) is 12.3. The van der Waals surface area contributed by atoms with E-state index in [1.165, 1.54) is 26.0 Å². The summed E-state index contributed by atoms with van der Waals surface area (Å²) >= 11 is 0. The van der Waals surface area contributed by atoms with Crippen LogP contribution in [0.25, 0.3) is 11.1 Å². The fourth-order valence-corrected chi connectivity index (χ4v) is 2.55. The van der Waals surface area contributed by atoms with E-state index in [-0.39, 0.29) is 6.54 Å². The lowest BCUT2D eigenvalue weighted by atomic mass is 10.0. The van der Waals surface area contributed by atoms with Gasteiger partial charge >= 0.3 is 0 Å². The summed E-state index contributed by atoms with van der Waals surface area (Å²) in [5, 5.41) is 19.8. The third kappa shape index (κ3) is 4.68. The molecule has 26 heavy (non-hydrogen) atoms. The summed E-state index contributed by atoms with van der Waals surface area (Å²) in [4.78, 5) is 26.4. The minimum Gasteiger partial charge on any atom is -0.380 e. The molecule has 2 N–H and O–H groups in total. The van der Waals surface area contributed by atoms with Crippen LogP contribution in [0.4, 0.5) is 0 Å². The monoisotopic (exact) mass is 356 g/mol. The van der Waals surface area contributed by atoms with Gasteiger partial charge in [0.05, 0.1) is 0 Å². The Balaban J connectivity index is 2.01. The molecule has 0 heterocycles. The molecule has 0 saturated heterocycles. The summed E-state index contributed by atoms with van der Waals surface area (Å²) in [6, 6.07) is 17.7. The number of amides is 2. The Bertz CT molecular complexity index is 744. The molecule has 0 bridgehead atoms. The van der Waals surface area contributed by atoms with Crippen molar-refractivity contribution in [1.29, 1.82) is 0 Å². The van der Waals surface area contributed by atoms with Crippen molar-refractivity contribution in [3.05, 3.63) is 60.2 Å². The Kier molecular flexibility index (Phi) is 6.49. The van der Waals surface area contributed by atoms with Crippen LogP contribution in [0.1, 0.15) is 5.56 Å². The standard InChI is InChI=1S/C20H24N2O4/c1-21(2)19(25)17(23)18(24)20(26)22(3)13-14-9-11-16(12-10-14)15-7-5-4-6-8-15/h4-12,17-18,23-24H,13H2,1-3H3/t17-,18-/m1/s1. The molecule has 2 atom stereocenters. The van der Waals surface area contributed by atoms with Crippen LogP contribution in [0.15, 0.2) is 54.6 Å². The van der Waals surface area contributed by atoms with Gasteiger partial charge in [0.15, 0.2) is 12.2 Å². The van der Waals surface area contributed by atoms with E-state index in [1.807, 2.05) is 54.6 Å². The molecule has 0 fully saturated rings. The van der Waals surface area contributed by atoms with Gasteiger partial charge in [-0.15, -0.1) is 0 Å². The Morgan fingerprint density at radius 1 is 0.808 bits per heavy atom. The van der Waals surface area contributed by atoms with Crippen LogP contribution in [0, 0.1) is 0 Å². The first-order valence-electron chi connectivity index (χ1n) is 8.28. The Morgan fingerprint density at radius 2 is 1.31 bits per heavy atom. The SMILES string of the molecule is CN(C)C(=O)[C@H](O)[C@@H](O)C(=O)N(C)Cc1ccc(-c2ccccc2)cc1. The van der Waals surface area contributed by atoms with Crippen LogP contribution in [-0.2, 0) is 16.1 Å². The van der Waals surface area contributed by atoms with Gasteiger partial charge in [0.25, 0.3) is 11.8 Å². The molecule has 0 aromatic heterocycles. The average Bonchev–Trinajstić information content (AvgIpc) is 2.66. The molecule has 6 heteroatoms. The summed E-state index contributed by atoms with van der Waals surface area (Å²) < 4.78 is 0. The van der Waals surface area contributed by atoms with Crippen molar-refractivity contribution < 1.29 is 19.8 Å².